The van der Waals surface area contributed by atoms with Gasteiger partial charge in [0.05, 0.1) is 11.5 Å². The third-order valence-corrected chi connectivity index (χ3v) is 3.90. The number of methoxy groups -OCH3 is 1. The van der Waals surface area contributed by atoms with Crippen LogP contribution in [0.4, 0.5) is 13.2 Å². The third-order valence-electron chi connectivity index (χ3n) is 2.58. The van der Waals surface area contributed by atoms with Crippen LogP contribution in [-0.4, -0.2) is 34.4 Å². The van der Waals surface area contributed by atoms with E-state index in [-0.39, 0.29) is 4.90 Å². The standard InChI is InChI=1S/C12H15F3O4S/c1-9-3-5-10(6-4-9)20(16,17)19-8-7-11(18-2)12(13,14)15/h3-6,11H,7-8H2,1-2H3. The van der Waals surface area contributed by atoms with E-state index in [0.717, 1.165) is 12.7 Å². The molecule has 0 saturated carbocycles. The van der Waals surface area contributed by atoms with Gasteiger partial charge in [0.1, 0.15) is 0 Å². The van der Waals surface area contributed by atoms with Crippen LogP contribution >= 0.6 is 0 Å². The van der Waals surface area contributed by atoms with Crippen LogP contribution in [0.1, 0.15) is 12.0 Å². The summed E-state index contributed by atoms with van der Waals surface area (Å²) in [7, 11) is -3.14. The number of halogens is 3. The summed E-state index contributed by atoms with van der Waals surface area (Å²) in [6.07, 6.45) is -7.19. The monoisotopic (exact) mass is 312 g/mol. The molecule has 8 heteroatoms. The Labute approximate surface area is 115 Å². The second kappa shape index (κ2) is 6.55. The summed E-state index contributed by atoms with van der Waals surface area (Å²) < 4.78 is 69.4. The number of rotatable bonds is 6. The first-order chi connectivity index (χ1) is 9.16. The topological polar surface area (TPSA) is 52.6 Å². The smallest absolute Gasteiger partial charge is 0.372 e. The molecule has 0 fully saturated rings. The first kappa shape index (κ1) is 16.9. The molecule has 0 aliphatic heterocycles. The fraction of sp³-hybridized carbons (Fsp3) is 0.500. The first-order valence-electron chi connectivity index (χ1n) is 5.72. The van der Waals surface area contributed by atoms with Gasteiger partial charge in [0, 0.05) is 13.5 Å². The molecule has 1 unspecified atom stereocenters. The van der Waals surface area contributed by atoms with Crippen LogP contribution in [0.2, 0.25) is 0 Å². The van der Waals surface area contributed by atoms with E-state index in [9.17, 15) is 21.6 Å². The van der Waals surface area contributed by atoms with Gasteiger partial charge in [0.15, 0.2) is 6.10 Å². The van der Waals surface area contributed by atoms with Gasteiger partial charge in [0.25, 0.3) is 10.1 Å². The van der Waals surface area contributed by atoms with Crippen molar-refractivity contribution in [2.45, 2.75) is 30.5 Å². The second-order valence-corrected chi connectivity index (χ2v) is 5.76. The Bertz CT molecular complexity index is 523. The zero-order valence-electron chi connectivity index (χ0n) is 11.0. The van der Waals surface area contributed by atoms with Crippen molar-refractivity contribution >= 4 is 10.1 Å². The molecule has 0 radical (unpaired) electrons. The van der Waals surface area contributed by atoms with Crippen molar-refractivity contribution in [1.82, 2.24) is 0 Å². The summed E-state index contributed by atoms with van der Waals surface area (Å²) in [6, 6.07) is 5.82. The molecule has 0 aromatic heterocycles. The van der Waals surface area contributed by atoms with Crippen molar-refractivity contribution in [2.75, 3.05) is 13.7 Å². The van der Waals surface area contributed by atoms with Gasteiger partial charge in [-0.1, -0.05) is 17.7 Å². The van der Waals surface area contributed by atoms with Crippen molar-refractivity contribution in [2.24, 2.45) is 0 Å². The van der Waals surface area contributed by atoms with Crippen molar-refractivity contribution in [3.05, 3.63) is 29.8 Å². The van der Waals surface area contributed by atoms with Gasteiger partial charge in [-0.3, -0.25) is 4.18 Å². The van der Waals surface area contributed by atoms with Gasteiger partial charge in [0.2, 0.25) is 0 Å². The molecule has 0 aliphatic carbocycles. The molecule has 20 heavy (non-hydrogen) atoms. The molecule has 0 spiro atoms. The quantitative estimate of drug-likeness (QED) is 0.758. The molecule has 114 valence electrons. The van der Waals surface area contributed by atoms with Crippen LogP contribution in [0.25, 0.3) is 0 Å². The van der Waals surface area contributed by atoms with Crippen molar-refractivity contribution < 1.29 is 30.5 Å². The van der Waals surface area contributed by atoms with Crippen molar-refractivity contribution in [1.29, 1.82) is 0 Å². The predicted molar refractivity (Wildman–Crippen MR) is 65.8 cm³/mol. The predicted octanol–water partition coefficient (Wildman–Crippen LogP) is 2.67. The van der Waals surface area contributed by atoms with E-state index in [4.69, 9.17) is 0 Å². The summed E-state index contributed by atoms with van der Waals surface area (Å²) in [6.45, 7) is 1.18. The van der Waals surface area contributed by atoms with Gasteiger partial charge < -0.3 is 4.74 Å². The highest BCUT2D eigenvalue weighted by molar-refractivity contribution is 7.86. The summed E-state index contributed by atoms with van der Waals surface area (Å²) in [5.41, 5.74) is 0.862. The Balaban J connectivity index is 2.62. The van der Waals surface area contributed by atoms with Gasteiger partial charge in [-0.2, -0.15) is 21.6 Å². The first-order valence-corrected chi connectivity index (χ1v) is 7.13. The number of benzene rings is 1. The van der Waals surface area contributed by atoms with E-state index >= 15 is 0 Å². The Morgan fingerprint density at radius 1 is 1.20 bits per heavy atom. The van der Waals surface area contributed by atoms with Crippen LogP contribution in [0.5, 0.6) is 0 Å². The molecule has 1 atom stereocenters. The second-order valence-electron chi connectivity index (χ2n) is 4.14. The number of aryl methyl sites for hydroxylation is 1. The highest BCUT2D eigenvalue weighted by Crippen LogP contribution is 2.25. The minimum atomic E-state index is -4.55. The molecule has 1 rings (SSSR count). The lowest BCUT2D eigenvalue weighted by molar-refractivity contribution is -0.215. The third kappa shape index (κ3) is 4.77. The SMILES string of the molecule is COC(CCOS(=O)(=O)c1ccc(C)cc1)C(F)(F)F. The number of hydrogen-bond donors (Lipinski definition) is 0. The molecule has 0 N–H and O–H groups in total. The van der Waals surface area contributed by atoms with Crippen LogP contribution in [0, 0.1) is 6.92 Å². The maximum Gasteiger partial charge on any atom is 0.414 e. The van der Waals surface area contributed by atoms with Crippen LogP contribution < -0.4 is 0 Å². The Morgan fingerprint density at radius 2 is 1.75 bits per heavy atom. The van der Waals surface area contributed by atoms with E-state index < -0.39 is 35.4 Å². The zero-order chi connectivity index (χ0) is 15.4. The molecule has 1 aromatic carbocycles. The Morgan fingerprint density at radius 3 is 2.20 bits per heavy atom. The lowest BCUT2D eigenvalue weighted by Gasteiger charge is -2.18. The number of ether oxygens (including phenoxy) is 1. The van der Waals surface area contributed by atoms with E-state index in [1.807, 2.05) is 0 Å². The van der Waals surface area contributed by atoms with Crippen LogP contribution in [-0.2, 0) is 19.0 Å². The molecular formula is C12H15F3O4S. The van der Waals surface area contributed by atoms with E-state index in [2.05, 4.69) is 8.92 Å². The van der Waals surface area contributed by atoms with Crippen LogP contribution in [0.15, 0.2) is 29.2 Å². The van der Waals surface area contributed by atoms with Crippen molar-refractivity contribution in [3.8, 4) is 0 Å². The summed E-state index contributed by atoms with van der Waals surface area (Å²) in [4.78, 5) is -0.0934. The van der Waals surface area contributed by atoms with E-state index in [1.54, 1.807) is 19.1 Å². The molecule has 4 nitrogen and oxygen atoms in total. The highest BCUT2D eigenvalue weighted by Gasteiger charge is 2.39. The highest BCUT2D eigenvalue weighted by atomic mass is 32.2. The average Bonchev–Trinajstić information content (AvgIpc) is 2.33. The minimum Gasteiger partial charge on any atom is -0.372 e. The lowest BCUT2D eigenvalue weighted by Crippen LogP contribution is -2.32. The molecule has 0 saturated heterocycles. The maximum absolute atomic E-state index is 12.4. The van der Waals surface area contributed by atoms with E-state index in [1.165, 1.54) is 12.1 Å². The fourth-order valence-electron chi connectivity index (χ4n) is 1.45. The summed E-state index contributed by atoms with van der Waals surface area (Å²) in [5.74, 6) is 0. The molecule has 0 bridgehead atoms. The molecule has 0 amide bonds. The Hall–Kier alpha value is -1.12. The summed E-state index contributed by atoms with van der Waals surface area (Å²) >= 11 is 0. The minimum absolute atomic E-state index is 0.0934. The number of hydrogen-bond acceptors (Lipinski definition) is 4. The maximum atomic E-state index is 12.4. The normalized spacial score (nSPS) is 14.2. The average molecular weight is 312 g/mol. The molecular weight excluding hydrogens is 297 g/mol. The number of alkyl halides is 3. The van der Waals surface area contributed by atoms with Gasteiger partial charge in [-0.15, -0.1) is 0 Å². The van der Waals surface area contributed by atoms with Crippen molar-refractivity contribution in [3.63, 3.8) is 0 Å². The lowest BCUT2D eigenvalue weighted by atomic mass is 10.2. The van der Waals surface area contributed by atoms with Gasteiger partial charge in [-0.25, -0.2) is 0 Å². The largest absolute Gasteiger partial charge is 0.414 e. The molecule has 0 aliphatic rings. The van der Waals surface area contributed by atoms with Gasteiger partial charge in [-0.05, 0) is 19.1 Å². The summed E-state index contributed by atoms with van der Waals surface area (Å²) in [5, 5.41) is 0. The molecule has 1 aromatic rings. The fourth-order valence-corrected chi connectivity index (χ4v) is 2.37. The van der Waals surface area contributed by atoms with Crippen LogP contribution in [0.3, 0.4) is 0 Å². The Kier molecular flexibility index (Phi) is 5.55. The molecule has 0 heterocycles. The zero-order valence-corrected chi connectivity index (χ0v) is 11.8. The van der Waals surface area contributed by atoms with Gasteiger partial charge >= 0.3 is 6.18 Å². The van der Waals surface area contributed by atoms with E-state index in [0.29, 0.717) is 0 Å².